The minimum absolute atomic E-state index is 0.00484. The number of benzene rings is 1. The number of para-hydroxylation sites is 1. The van der Waals surface area contributed by atoms with Crippen molar-refractivity contribution in [3.63, 3.8) is 0 Å². The van der Waals surface area contributed by atoms with Gasteiger partial charge in [-0.25, -0.2) is 0 Å². The van der Waals surface area contributed by atoms with Crippen LogP contribution in [0.5, 0.6) is 0 Å². The molecule has 0 saturated carbocycles. The molecule has 0 radical (unpaired) electrons. The highest BCUT2D eigenvalue weighted by Crippen LogP contribution is 2.19. The van der Waals surface area contributed by atoms with Crippen LogP contribution in [0.4, 0.5) is 5.69 Å². The lowest BCUT2D eigenvalue weighted by atomic mass is 10.1. The number of nitrogens with one attached hydrogen (secondary N) is 1. The molecule has 6 heteroatoms. The molecule has 1 unspecified atom stereocenters. The van der Waals surface area contributed by atoms with Crippen LogP contribution in [0.2, 0.25) is 0 Å². The molecule has 6 nitrogen and oxygen atoms in total. The molecule has 1 aromatic rings. The summed E-state index contributed by atoms with van der Waals surface area (Å²) in [4.78, 5) is 24.2. The highest BCUT2D eigenvalue weighted by molar-refractivity contribution is 5.92. The van der Waals surface area contributed by atoms with Gasteiger partial charge in [0.25, 0.3) is 5.69 Å². The van der Waals surface area contributed by atoms with E-state index in [0.29, 0.717) is 18.7 Å². The van der Waals surface area contributed by atoms with Gasteiger partial charge >= 0.3 is 0 Å². The number of piperazine rings is 1. The maximum absolute atomic E-state index is 12.0. The summed E-state index contributed by atoms with van der Waals surface area (Å²) in [5.41, 5.74) is 0.444. The molecule has 0 bridgehead atoms. The third-order valence-corrected chi connectivity index (χ3v) is 3.22. The molecule has 1 aromatic carbocycles. The average Bonchev–Trinajstić information content (AvgIpc) is 2.45. The quantitative estimate of drug-likeness (QED) is 0.514. The van der Waals surface area contributed by atoms with Gasteiger partial charge in [0.05, 0.1) is 10.5 Å². The van der Waals surface area contributed by atoms with E-state index in [2.05, 4.69) is 5.32 Å². The molecular formula is C14H17N3O3. The second-order valence-electron chi connectivity index (χ2n) is 4.79. The average molecular weight is 275 g/mol. The van der Waals surface area contributed by atoms with Crippen LogP contribution in [0.25, 0.3) is 6.08 Å². The van der Waals surface area contributed by atoms with Gasteiger partial charge in [0.15, 0.2) is 0 Å². The second-order valence-corrected chi connectivity index (χ2v) is 4.79. The number of nitrogens with zero attached hydrogens (tertiary/aromatic N) is 2. The van der Waals surface area contributed by atoms with Crippen molar-refractivity contribution >= 4 is 17.7 Å². The predicted octanol–water partition coefficient (Wildman–Crippen LogP) is 1.43. The number of nitro benzene ring substituents is 1. The standard InChI is InChI=1S/C14H17N3O3/c1-11-10-16(9-8-15-11)14(18)7-6-12-4-2-3-5-13(12)17(19)20/h2-7,11,15H,8-10H2,1H3. The van der Waals surface area contributed by atoms with Crippen LogP contribution in [0, 0.1) is 10.1 Å². The van der Waals surface area contributed by atoms with E-state index >= 15 is 0 Å². The van der Waals surface area contributed by atoms with Crippen molar-refractivity contribution in [3.8, 4) is 0 Å². The predicted molar refractivity (Wildman–Crippen MR) is 76.2 cm³/mol. The van der Waals surface area contributed by atoms with E-state index in [0.717, 1.165) is 6.54 Å². The summed E-state index contributed by atoms with van der Waals surface area (Å²) < 4.78 is 0. The van der Waals surface area contributed by atoms with Crippen molar-refractivity contribution in [1.29, 1.82) is 0 Å². The van der Waals surface area contributed by atoms with Crippen molar-refractivity contribution in [2.45, 2.75) is 13.0 Å². The molecule has 1 amide bonds. The Morgan fingerprint density at radius 2 is 2.25 bits per heavy atom. The first-order valence-electron chi connectivity index (χ1n) is 6.51. The zero-order valence-corrected chi connectivity index (χ0v) is 11.3. The number of rotatable bonds is 3. The molecule has 1 saturated heterocycles. The molecule has 1 aliphatic heterocycles. The fourth-order valence-electron chi connectivity index (χ4n) is 2.19. The van der Waals surface area contributed by atoms with Gasteiger partial charge in [-0.05, 0) is 19.1 Å². The fraction of sp³-hybridized carbons (Fsp3) is 0.357. The van der Waals surface area contributed by atoms with E-state index in [1.807, 2.05) is 6.92 Å². The summed E-state index contributed by atoms with van der Waals surface area (Å²) in [6.07, 6.45) is 2.91. The zero-order valence-electron chi connectivity index (χ0n) is 11.3. The second kappa shape index (κ2) is 6.29. The topological polar surface area (TPSA) is 75.5 Å². The van der Waals surface area contributed by atoms with Crippen LogP contribution >= 0.6 is 0 Å². The van der Waals surface area contributed by atoms with Gasteiger partial charge in [0, 0.05) is 37.8 Å². The SMILES string of the molecule is CC1CN(C(=O)C=Cc2ccccc2[N+](=O)[O-])CCN1. The van der Waals surface area contributed by atoms with E-state index in [9.17, 15) is 14.9 Å². The third-order valence-electron chi connectivity index (χ3n) is 3.22. The van der Waals surface area contributed by atoms with Crippen LogP contribution in [0.3, 0.4) is 0 Å². The Morgan fingerprint density at radius 3 is 2.95 bits per heavy atom. The fourth-order valence-corrected chi connectivity index (χ4v) is 2.19. The molecule has 20 heavy (non-hydrogen) atoms. The minimum atomic E-state index is -0.447. The van der Waals surface area contributed by atoms with Crippen molar-refractivity contribution in [2.75, 3.05) is 19.6 Å². The van der Waals surface area contributed by atoms with Crippen LogP contribution in [-0.4, -0.2) is 41.4 Å². The number of hydrogen-bond acceptors (Lipinski definition) is 4. The number of hydrogen-bond donors (Lipinski definition) is 1. The van der Waals surface area contributed by atoms with E-state index in [1.54, 1.807) is 23.1 Å². The van der Waals surface area contributed by atoms with Crippen molar-refractivity contribution in [1.82, 2.24) is 10.2 Å². The number of nitro groups is 1. The first-order valence-corrected chi connectivity index (χ1v) is 6.51. The molecule has 1 atom stereocenters. The van der Waals surface area contributed by atoms with Gasteiger partial charge in [-0.2, -0.15) is 0 Å². The van der Waals surface area contributed by atoms with Gasteiger partial charge in [-0.15, -0.1) is 0 Å². The number of amides is 1. The van der Waals surface area contributed by atoms with Gasteiger partial charge in [0.2, 0.25) is 5.91 Å². The Labute approximate surface area is 117 Å². The molecule has 1 heterocycles. The van der Waals surface area contributed by atoms with Crippen LogP contribution in [0.15, 0.2) is 30.3 Å². The molecule has 0 aromatic heterocycles. The Hall–Kier alpha value is -2.21. The molecule has 0 aliphatic carbocycles. The Kier molecular flexibility index (Phi) is 4.47. The molecule has 2 rings (SSSR count). The van der Waals surface area contributed by atoms with Crippen LogP contribution in [-0.2, 0) is 4.79 Å². The summed E-state index contributed by atoms with van der Waals surface area (Å²) in [5.74, 6) is -0.114. The lowest BCUT2D eigenvalue weighted by Crippen LogP contribution is -2.50. The maximum Gasteiger partial charge on any atom is 0.276 e. The zero-order chi connectivity index (χ0) is 14.5. The Balaban J connectivity index is 2.09. The monoisotopic (exact) mass is 275 g/mol. The summed E-state index contributed by atoms with van der Waals surface area (Å²) in [6, 6.07) is 6.64. The van der Waals surface area contributed by atoms with Crippen LogP contribution < -0.4 is 5.32 Å². The van der Waals surface area contributed by atoms with Crippen molar-refractivity contribution < 1.29 is 9.72 Å². The smallest absolute Gasteiger partial charge is 0.276 e. The lowest BCUT2D eigenvalue weighted by molar-refractivity contribution is -0.385. The molecule has 106 valence electrons. The van der Waals surface area contributed by atoms with Gasteiger partial charge in [-0.3, -0.25) is 14.9 Å². The maximum atomic E-state index is 12.0. The van der Waals surface area contributed by atoms with E-state index in [4.69, 9.17) is 0 Å². The first-order chi connectivity index (χ1) is 9.58. The molecular weight excluding hydrogens is 258 g/mol. The van der Waals surface area contributed by atoms with Gasteiger partial charge < -0.3 is 10.2 Å². The molecule has 1 aliphatic rings. The molecule has 0 spiro atoms. The molecule has 1 fully saturated rings. The summed E-state index contributed by atoms with van der Waals surface area (Å²) in [6.45, 7) is 4.10. The first kappa shape index (κ1) is 14.2. The van der Waals surface area contributed by atoms with Gasteiger partial charge in [0.1, 0.15) is 0 Å². The van der Waals surface area contributed by atoms with Crippen LogP contribution in [0.1, 0.15) is 12.5 Å². The minimum Gasteiger partial charge on any atom is -0.336 e. The summed E-state index contributed by atoms with van der Waals surface area (Å²) in [7, 11) is 0. The van der Waals surface area contributed by atoms with Gasteiger partial charge in [-0.1, -0.05) is 12.1 Å². The lowest BCUT2D eigenvalue weighted by Gasteiger charge is -2.31. The highest BCUT2D eigenvalue weighted by atomic mass is 16.6. The number of carbonyl (C=O) groups excluding carboxylic acids is 1. The Morgan fingerprint density at radius 1 is 1.50 bits per heavy atom. The Bertz CT molecular complexity index is 542. The van der Waals surface area contributed by atoms with Crippen molar-refractivity contribution in [2.24, 2.45) is 0 Å². The normalized spacial score (nSPS) is 19.2. The van der Waals surface area contributed by atoms with E-state index in [1.165, 1.54) is 18.2 Å². The molecule has 1 N–H and O–H groups in total. The summed E-state index contributed by atoms with van der Waals surface area (Å²) >= 11 is 0. The van der Waals surface area contributed by atoms with E-state index < -0.39 is 4.92 Å². The summed E-state index contributed by atoms with van der Waals surface area (Å²) in [5, 5.41) is 14.1. The largest absolute Gasteiger partial charge is 0.336 e. The highest BCUT2D eigenvalue weighted by Gasteiger charge is 2.18. The van der Waals surface area contributed by atoms with Crippen molar-refractivity contribution in [3.05, 3.63) is 46.0 Å². The number of carbonyl (C=O) groups is 1. The van der Waals surface area contributed by atoms with E-state index in [-0.39, 0.29) is 17.6 Å². The third kappa shape index (κ3) is 3.42.